The molecule has 1 aromatic heterocycles. The van der Waals surface area contributed by atoms with Crippen molar-refractivity contribution in [2.24, 2.45) is 5.10 Å². The van der Waals surface area contributed by atoms with Gasteiger partial charge in [0.05, 0.1) is 22.0 Å². The van der Waals surface area contributed by atoms with Crippen molar-refractivity contribution in [1.82, 2.24) is 9.66 Å². The number of aryl methyl sites for hydroxylation is 1. The lowest BCUT2D eigenvalue weighted by Crippen LogP contribution is -2.22. The highest BCUT2D eigenvalue weighted by atomic mass is 79.9. The summed E-state index contributed by atoms with van der Waals surface area (Å²) in [5.41, 5.74) is 0.179. The molecule has 160 valence electrons. The summed E-state index contributed by atoms with van der Waals surface area (Å²) in [7, 11) is 0. The van der Waals surface area contributed by atoms with Crippen molar-refractivity contribution in [1.29, 1.82) is 0 Å². The summed E-state index contributed by atoms with van der Waals surface area (Å²) in [4.78, 5) is 39.7. The number of non-ortho nitro benzene ring substituents is 1. The van der Waals surface area contributed by atoms with E-state index in [0.29, 0.717) is 23.1 Å². The van der Waals surface area contributed by atoms with E-state index in [9.17, 15) is 19.7 Å². The number of nitrogens with zero attached hydrogens (tertiary/aromatic N) is 4. The summed E-state index contributed by atoms with van der Waals surface area (Å²) in [6.45, 7) is 3.25. The Kier molecular flexibility index (Phi) is 6.91. The average Bonchev–Trinajstić information content (AvgIpc) is 2.72. The van der Waals surface area contributed by atoms with Crippen LogP contribution in [0.3, 0.4) is 0 Å². The van der Waals surface area contributed by atoms with E-state index in [-0.39, 0.29) is 22.6 Å². The van der Waals surface area contributed by atoms with Crippen LogP contribution in [0.15, 0.2) is 50.8 Å². The van der Waals surface area contributed by atoms with Gasteiger partial charge in [-0.05, 0) is 30.7 Å². The van der Waals surface area contributed by atoms with Crippen molar-refractivity contribution in [2.75, 3.05) is 0 Å². The zero-order valence-electron chi connectivity index (χ0n) is 16.9. The zero-order chi connectivity index (χ0) is 22.5. The van der Waals surface area contributed by atoms with E-state index < -0.39 is 10.9 Å². The highest BCUT2D eigenvalue weighted by molar-refractivity contribution is 9.10. The van der Waals surface area contributed by atoms with Crippen LogP contribution in [-0.4, -0.2) is 26.8 Å². The number of aromatic nitrogens is 2. The standard InChI is InChI=1S/C21H19BrN4O5/c1-3-4-5-20-24-18-8-6-15(22)11-17(18)21(28)25(20)23-12-14-10-16(26(29)30)7-9-19(14)31-13(2)27/h6-12H,3-5H2,1-2H3. The lowest BCUT2D eigenvalue weighted by molar-refractivity contribution is -0.384. The molecule has 3 aromatic rings. The summed E-state index contributed by atoms with van der Waals surface area (Å²) in [6, 6.07) is 8.99. The second kappa shape index (κ2) is 9.61. The van der Waals surface area contributed by atoms with Gasteiger partial charge in [-0.1, -0.05) is 29.3 Å². The number of hydrogen-bond donors (Lipinski definition) is 0. The van der Waals surface area contributed by atoms with Gasteiger partial charge in [0.1, 0.15) is 11.6 Å². The molecule has 0 fully saturated rings. The molecule has 0 amide bonds. The van der Waals surface area contributed by atoms with Crippen molar-refractivity contribution >= 4 is 44.7 Å². The Hall–Kier alpha value is -3.40. The van der Waals surface area contributed by atoms with Gasteiger partial charge in [0.2, 0.25) is 0 Å². The van der Waals surface area contributed by atoms with Crippen molar-refractivity contribution in [2.45, 2.75) is 33.1 Å². The number of carbonyl (C=O) groups is 1. The maximum Gasteiger partial charge on any atom is 0.308 e. The molecule has 0 N–H and O–H groups in total. The van der Waals surface area contributed by atoms with E-state index in [1.165, 1.54) is 36.0 Å². The molecule has 3 rings (SSSR count). The van der Waals surface area contributed by atoms with E-state index in [4.69, 9.17) is 4.74 Å². The molecule has 0 saturated heterocycles. The van der Waals surface area contributed by atoms with E-state index >= 15 is 0 Å². The zero-order valence-corrected chi connectivity index (χ0v) is 18.5. The van der Waals surface area contributed by atoms with Crippen molar-refractivity contribution in [3.63, 3.8) is 0 Å². The monoisotopic (exact) mass is 486 g/mol. The Bertz CT molecular complexity index is 1250. The summed E-state index contributed by atoms with van der Waals surface area (Å²) >= 11 is 3.35. The molecule has 0 radical (unpaired) electrons. The number of benzene rings is 2. The molecule has 10 heteroatoms. The molecule has 9 nitrogen and oxygen atoms in total. The van der Waals surface area contributed by atoms with Gasteiger partial charge in [-0.3, -0.25) is 19.7 Å². The molecular formula is C21H19BrN4O5. The normalized spacial score (nSPS) is 11.2. The van der Waals surface area contributed by atoms with Crippen molar-refractivity contribution < 1.29 is 14.5 Å². The average molecular weight is 487 g/mol. The molecule has 0 atom stereocenters. The van der Waals surface area contributed by atoms with Crippen LogP contribution in [0.2, 0.25) is 0 Å². The smallest absolute Gasteiger partial charge is 0.308 e. The van der Waals surface area contributed by atoms with Gasteiger partial charge >= 0.3 is 5.97 Å². The van der Waals surface area contributed by atoms with Gasteiger partial charge in [0.25, 0.3) is 11.2 Å². The number of ether oxygens (including phenoxy) is 1. The van der Waals surface area contributed by atoms with Crippen LogP contribution in [0.4, 0.5) is 5.69 Å². The Balaban J connectivity index is 2.16. The van der Waals surface area contributed by atoms with Crippen molar-refractivity contribution in [3.8, 4) is 5.75 Å². The van der Waals surface area contributed by atoms with Crippen LogP contribution in [0.1, 0.15) is 38.1 Å². The number of nitro benzene ring substituents is 1. The summed E-state index contributed by atoms with van der Waals surface area (Å²) in [5, 5.41) is 15.8. The molecule has 0 aliphatic heterocycles. The minimum absolute atomic E-state index is 0.0986. The second-order valence-corrected chi connectivity index (χ2v) is 7.64. The third-order valence-corrected chi connectivity index (χ3v) is 4.89. The lowest BCUT2D eigenvalue weighted by Gasteiger charge is -2.10. The highest BCUT2D eigenvalue weighted by Crippen LogP contribution is 2.23. The summed E-state index contributed by atoms with van der Waals surface area (Å²) in [6.07, 6.45) is 3.49. The SMILES string of the molecule is CCCCc1nc2ccc(Br)cc2c(=O)n1N=Cc1cc([N+](=O)[O-])ccc1OC(C)=O. The Morgan fingerprint density at radius 1 is 1.32 bits per heavy atom. The van der Waals surface area contributed by atoms with Gasteiger partial charge in [-0.25, -0.2) is 4.98 Å². The predicted molar refractivity (Wildman–Crippen MR) is 120 cm³/mol. The van der Waals surface area contributed by atoms with Crippen LogP contribution in [0.5, 0.6) is 5.75 Å². The number of carbonyl (C=O) groups excluding carboxylic acids is 1. The first-order valence-corrected chi connectivity index (χ1v) is 10.3. The second-order valence-electron chi connectivity index (χ2n) is 6.73. The maximum atomic E-state index is 13.1. The third kappa shape index (κ3) is 5.21. The first-order chi connectivity index (χ1) is 14.8. The van der Waals surface area contributed by atoms with Gasteiger partial charge in [-0.15, -0.1) is 0 Å². The van der Waals surface area contributed by atoms with Crippen molar-refractivity contribution in [3.05, 3.63) is 72.7 Å². The molecule has 0 aliphatic carbocycles. The minimum Gasteiger partial charge on any atom is -0.426 e. The topological polar surface area (TPSA) is 117 Å². The molecule has 1 heterocycles. The molecular weight excluding hydrogens is 468 g/mol. The quantitative estimate of drug-likeness (QED) is 0.162. The molecule has 0 bridgehead atoms. The van der Waals surface area contributed by atoms with E-state index in [1.54, 1.807) is 18.2 Å². The molecule has 31 heavy (non-hydrogen) atoms. The molecule has 0 spiro atoms. The number of esters is 1. The fourth-order valence-electron chi connectivity index (χ4n) is 2.93. The Labute approximate surface area is 185 Å². The third-order valence-electron chi connectivity index (χ3n) is 4.40. The van der Waals surface area contributed by atoms with Gasteiger partial charge in [0, 0.05) is 35.5 Å². The number of rotatable bonds is 7. The number of halogens is 1. The largest absolute Gasteiger partial charge is 0.426 e. The van der Waals surface area contributed by atoms with Crippen LogP contribution in [0, 0.1) is 10.1 Å². The first kappa shape index (κ1) is 22.3. The summed E-state index contributed by atoms with van der Waals surface area (Å²) in [5.74, 6) is -0.0135. The summed E-state index contributed by atoms with van der Waals surface area (Å²) < 4.78 is 7.03. The Morgan fingerprint density at radius 2 is 2.10 bits per heavy atom. The fourth-order valence-corrected chi connectivity index (χ4v) is 3.29. The van der Waals surface area contributed by atoms with E-state index in [1.807, 2.05) is 6.92 Å². The molecule has 0 saturated carbocycles. The molecule has 0 aliphatic rings. The van der Waals surface area contributed by atoms with Crippen LogP contribution in [0.25, 0.3) is 10.9 Å². The number of unbranched alkanes of at least 4 members (excludes halogenated alkanes) is 1. The van der Waals surface area contributed by atoms with Crippen LogP contribution in [-0.2, 0) is 11.2 Å². The van der Waals surface area contributed by atoms with Gasteiger partial charge < -0.3 is 4.74 Å². The number of hydrogen-bond acceptors (Lipinski definition) is 7. The van der Waals surface area contributed by atoms with E-state index in [0.717, 1.165) is 17.3 Å². The lowest BCUT2D eigenvalue weighted by atomic mass is 10.2. The first-order valence-electron chi connectivity index (χ1n) is 9.52. The highest BCUT2D eigenvalue weighted by Gasteiger charge is 2.14. The number of nitro groups is 1. The fraction of sp³-hybridized carbons (Fsp3) is 0.238. The predicted octanol–water partition coefficient (Wildman–Crippen LogP) is 4.22. The molecule has 0 unspecified atom stereocenters. The molecule has 2 aromatic carbocycles. The Morgan fingerprint density at radius 3 is 2.77 bits per heavy atom. The minimum atomic E-state index is -0.582. The van der Waals surface area contributed by atoms with Crippen LogP contribution >= 0.6 is 15.9 Å². The maximum absolute atomic E-state index is 13.1. The van der Waals surface area contributed by atoms with E-state index in [2.05, 4.69) is 26.0 Å². The van der Waals surface area contributed by atoms with Gasteiger partial charge in [-0.2, -0.15) is 9.78 Å². The van der Waals surface area contributed by atoms with Gasteiger partial charge in [0.15, 0.2) is 0 Å². The van der Waals surface area contributed by atoms with Crippen LogP contribution < -0.4 is 10.3 Å². The number of fused-ring (bicyclic) bond motifs is 1.